The van der Waals surface area contributed by atoms with E-state index in [1.807, 2.05) is 31.4 Å². The summed E-state index contributed by atoms with van der Waals surface area (Å²) in [6, 6.07) is 3.87. The molecule has 3 saturated heterocycles. The highest BCUT2D eigenvalue weighted by molar-refractivity contribution is 7.13. The van der Waals surface area contributed by atoms with Gasteiger partial charge in [0.15, 0.2) is 0 Å². The molecule has 0 saturated carbocycles. The van der Waals surface area contributed by atoms with E-state index in [9.17, 15) is 4.79 Å². The van der Waals surface area contributed by atoms with E-state index in [0.717, 1.165) is 48.7 Å². The number of thiazole rings is 1. The van der Waals surface area contributed by atoms with Gasteiger partial charge >= 0.3 is 6.09 Å². The van der Waals surface area contributed by atoms with Crippen molar-refractivity contribution in [1.29, 1.82) is 0 Å². The van der Waals surface area contributed by atoms with Crippen molar-refractivity contribution in [3.63, 3.8) is 0 Å². The molecule has 6 nitrogen and oxygen atoms in total. The summed E-state index contributed by atoms with van der Waals surface area (Å²) in [4.78, 5) is 23.6. The topological polar surface area (TPSA) is 67.3 Å². The average molecular weight is 372 g/mol. The molecule has 1 atom stereocenters. The number of hydrogen-bond acceptors (Lipinski definition) is 6. The number of carbonyl (C=O) groups excluding carboxylic acids is 1. The lowest BCUT2D eigenvalue weighted by molar-refractivity contribution is -0.0350. The first-order valence-electron chi connectivity index (χ1n) is 9.09. The van der Waals surface area contributed by atoms with Crippen LogP contribution in [0, 0.1) is 5.92 Å². The van der Waals surface area contributed by atoms with E-state index in [1.54, 1.807) is 23.7 Å². The number of carbonyl (C=O) groups is 1. The second kappa shape index (κ2) is 6.96. The maximum Gasteiger partial charge on any atom is 0.408 e. The van der Waals surface area contributed by atoms with Crippen LogP contribution in [0.1, 0.15) is 32.4 Å². The standard InChI is InChI=1S/C19H24N4O2S/c1-19(2,16-12-26-17(21-16)14-3-7-20-8-4-14)22-18(24)25-15-11-23-9-5-13(15)6-10-23/h3-4,7-8,12-13,15H,5-6,9-11H2,1-2H3,(H,22,24)/t15-/m1/s1. The molecular weight excluding hydrogens is 348 g/mol. The van der Waals surface area contributed by atoms with Gasteiger partial charge in [0.05, 0.1) is 11.2 Å². The molecule has 1 amide bonds. The van der Waals surface area contributed by atoms with Crippen molar-refractivity contribution in [3.8, 4) is 10.6 Å². The molecular formula is C19H24N4O2S. The third-order valence-corrected chi connectivity index (χ3v) is 6.23. The summed E-state index contributed by atoms with van der Waals surface area (Å²) in [5.74, 6) is 0.506. The Kier molecular flexibility index (Phi) is 4.67. The molecule has 5 rings (SSSR count). The van der Waals surface area contributed by atoms with Gasteiger partial charge in [-0.2, -0.15) is 0 Å². The van der Waals surface area contributed by atoms with Gasteiger partial charge in [0.25, 0.3) is 0 Å². The number of ether oxygens (including phenoxy) is 1. The Hall–Kier alpha value is -1.99. The van der Waals surface area contributed by atoms with Crippen LogP contribution in [-0.4, -0.2) is 46.7 Å². The van der Waals surface area contributed by atoms with Gasteiger partial charge in [-0.3, -0.25) is 9.88 Å². The van der Waals surface area contributed by atoms with Gasteiger partial charge in [-0.15, -0.1) is 11.3 Å². The number of pyridine rings is 1. The van der Waals surface area contributed by atoms with Gasteiger partial charge in [-0.25, -0.2) is 9.78 Å². The number of fused-ring (bicyclic) bond motifs is 3. The van der Waals surface area contributed by atoms with Gasteiger partial charge in [-0.05, 0) is 57.8 Å². The molecule has 138 valence electrons. The fourth-order valence-corrected chi connectivity index (χ4v) is 4.71. The highest BCUT2D eigenvalue weighted by Gasteiger charge is 2.37. The average Bonchev–Trinajstić information content (AvgIpc) is 3.14. The predicted octanol–water partition coefficient (Wildman–Crippen LogP) is 3.26. The van der Waals surface area contributed by atoms with Crippen molar-refractivity contribution in [2.45, 2.75) is 38.3 Å². The van der Waals surface area contributed by atoms with E-state index >= 15 is 0 Å². The number of hydrogen-bond donors (Lipinski definition) is 1. The van der Waals surface area contributed by atoms with Crippen LogP contribution in [0.3, 0.4) is 0 Å². The number of piperidine rings is 3. The first-order valence-corrected chi connectivity index (χ1v) is 9.97. The van der Waals surface area contributed by atoms with Crippen molar-refractivity contribution < 1.29 is 9.53 Å². The summed E-state index contributed by atoms with van der Waals surface area (Å²) in [5, 5.41) is 5.91. The second-order valence-electron chi connectivity index (χ2n) is 7.61. The maximum atomic E-state index is 12.5. The predicted molar refractivity (Wildman–Crippen MR) is 101 cm³/mol. The lowest BCUT2D eigenvalue weighted by atomic mass is 9.86. The second-order valence-corrected chi connectivity index (χ2v) is 8.46. The van der Waals surface area contributed by atoms with Crippen LogP contribution in [0.2, 0.25) is 0 Å². The Morgan fingerprint density at radius 3 is 2.69 bits per heavy atom. The minimum atomic E-state index is -0.590. The Morgan fingerprint density at radius 1 is 1.31 bits per heavy atom. The Morgan fingerprint density at radius 2 is 2.04 bits per heavy atom. The fraction of sp³-hybridized carbons (Fsp3) is 0.526. The number of nitrogens with zero attached hydrogens (tertiary/aromatic N) is 3. The first kappa shape index (κ1) is 17.4. The quantitative estimate of drug-likeness (QED) is 0.892. The van der Waals surface area contributed by atoms with Crippen molar-refractivity contribution in [2.24, 2.45) is 5.92 Å². The zero-order valence-corrected chi connectivity index (χ0v) is 16.0. The molecule has 0 unspecified atom stereocenters. The third-order valence-electron chi connectivity index (χ3n) is 5.34. The SMILES string of the molecule is CC(C)(NC(=O)O[C@@H]1CN2CCC1CC2)c1csc(-c2ccncc2)n1. The number of amides is 1. The number of aromatic nitrogens is 2. The molecule has 7 heteroatoms. The normalized spacial score (nSPS) is 25.1. The van der Waals surface area contributed by atoms with Gasteiger partial charge in [-0.1, -0.05) is 0 Å². The molecule has 0 radical (unpaired) electrons. The summed E-state index contributed by atoms with van der Waals surface area (Å²) in [7, 11) is 0. The van der Waals surface area contributed by atoms with E-state index in [0.29, 0.717) is 5.92 Å². The zero-order chi connectivity index (χ0) is 18.1. The Balaban J connectivity index is 1.40. The lowest BCUT2D eigenvalue weighted by Gasteiger charge is -2.44. The number of alkyl carbamates (subject to hydrolysis) is 1. The van der Waals surface area contributed by atoms with E-state index < -0.39 is 5.54 Å². The molecule has 5 heterocycles. The van der Waals surface area contributed by atoms with Crippen molar-refractivity contribution in [3.05, 3.63) is 35.6 Å². The van der Waals surface area contributed by atoms with E-state index in [4.69, 9.17) is 9.72 Å². The van der Waals surface area contributed by atoms with Crippen LogP contribution in [0.15, 0.2) is 29.9 Å². The van der Waals surface area contributed by atoms with Gasteiger partial charge < -0.3 is 10.1 Å². The van der Waals surface area contributed by atoms with Crippen LogP contribution < -0.4 is 5.32 Å². The molecule has 3 fully saturated rings. The molecule has 2 aromatic rings. The van der Waals surface area contributed by atoms with Crippen LogP contribution in [0.4, 0.5) is 4.79 Å². The summed E-state index contributed by atoms with van der Waals surface area (Å²) in [5.41, 5.74) is 1.27. The molecule has 2 bridgehead atoms. The van der Waals surface area contributed by atoms with Crippen LogP contribution in [-0.2, 0) is 10.3 Å². The molecule has 3 aliphatic rings. The van der Waals surface area contributed by atoms with Crippen molar-refractivity contribution in [2.75, 3.05) is 19.6 Å². The highest BCUT2D eigenvalue weighted by Crippen LogP contribution is 2.31. The van der Waals surface area contributed by atoms with E-state index in [1.165, 1.54) is 0 Å². The monoisotopic (exact) mass is 372 g/mol. The molecule has 26 heavy (non-hydrogen) atoms. The molecule has 0 spiro atoms. The summed E-state index contributed by atoms with van der Waals surface area (Å²) < 4.78 is 5.75. The van der Waals surface area contributed by atoms with Gasteiger partial charge in [0, 0.05) is 29.9 Å². The minimum absolute atomic E-state index is 0.0103. The summed E-state index contributed by atoms with van der Waals surface area (Å²) in [6.45, 7) is 7.04. The maximum absolute atomic E-state index is 12.5. The number of nitrogens with one attached hydrogen (secondary N) is 1. The molecule has 1 N–H and O–H groups in total. The molecule has 0 aliphatic carbocycles. The van der Waals surface area contributed by atoms with Crippen LogP contribution in [0.25, 0.3) is 10.6 Å². The smallest absolute Gasteiger partial charge is 0.408 e. The summed E-state index contributed by atoms with van der Waals surface area (Å²) >= 11 is 1.56. The fourth-order valence-electron chi connectivity index (χ4n) is 3.72. The van der Waals surface area contributed by atoms with Crippen LogP contribution >= 0.6 is 11.3 Å². The minimum Gasteiger partial charge on any atom is -0.445 e. The Bertz CT molecular complexity index is 769. The molecule has 2 aromatic heterocycles. The van der Waals surface area contributed by atoms with Gasteiger partial charge in [0.2, 0.25) is 0 Å². The number of rotatable bonds is 4. The highest BCUT2D eigenvalue weighted by atomic mass is 32.1. The van der Waals surface area contributed by atoms with Crippen LogP contribution in [0.5, 0.6) is 0 Å². The largest absolute Gasteiger partial charge is 0.445 e. The Labute approximate surface area is 157 Å². The first-order chi connectivity index (χ1) is 12.5. The third kappa shape index (κ3) is 3.59. The van der Waals surface area contributed by atoms with Gasteiger partial charge in [0.1, 0.15) is 11.1 Å². The lowest BCUT2D eigenvalue weighted by Crippen LogP contribution is -2.53. The molecule has 0 aromatic carbocycles. The van der Waals surface area contributed by atoms with E-state index in [2.05, 4.69) is 15.2 Å². The van der Waals surface area contributed by atoms with E-state index in [-0.39, 0.29) is 12.2 Å². The summed E-state index contributed by atoms with van der Waals surface area (Å²) in [6.07, 6.45) is 5.42. The van der Waals surface area contributed by atoms with Crippen molar-refractivity contribution in [1.82, 2.24) is 20.2 Å². The molecule has 3 aliphatic heterocycles. The zero-order valence-electron chi connectivity index (χ0n) is 15.1. The van der Waals surface area contributed by atoms with Crippen molar-refractivity contribution >= 4 is 17.4 Å².